The fourth-order valence-corrected chi connectivity index (χ4v) is 2.32. The third-order valence-corrected chi connectivity index (χ3v) is 3.44. The van der Waals surface area contributed by atoms with Crippen LogP contribution in [0, 0.1) is 0 Å². The van der Waals surface area contributed by atoms with Gasteiger partial charge in [-0.1, -0.05) is 30.3 Å². The Hall–Kier alpha value is -3.35. The van der Waals surface area contributed by atoms with E-state index in [0.717, 1.165) is 22.3 Å². The van der Waals surface area contributed by atoms with E-state index in [1.807, 2.05) is 42.5 Å². The van der Waals surface area contributed by atoms with Crippen LogP contribution in [0.25, 0.3) is 22.3 Å². The van der Waals surface area contributed by atoms with Gasteiger partial charge in [0.25, 0.3) is 0 Å². The van der Waals surface area contributed by atoms with E-state index in [4.69, 9.17) is 5.11 Å². The number of benzene rings is 1. The lowest BCUT2D eigenvalue weighted by atomic mass is 10.1. The summed E-state index contributed by atoms with van der Waals surface area (Å²) in [5, 5.41) is 14.5. The number of fused-ring (bicyclic) bond motifs is 1. The molecule has 0 saturated heterocycles. The number of anilines is 1. The fourth-order valence-electron chi connectivity index (χ4n) is 2.32. The number of carboxylic acids is 1. The maximum atomic E-state index is 11.7. The second kappa shape index (κ2) is 6.82. The Morgan fingerprint density at radius 1 is 1.17 bits per heavy atom. The smallest absolute Gasteiger partial charge is 0.319 e. The Kier molecular flexibility index (Phi) is 4.42. The molecule has 0 saturated carbocycles. The van der Waals surface area contributed by atoms with Gasteiger partial charge in [-0.3, -0.25) is 4.79 Å². The summed E-state index contributed by atoms with van der Waals surface area (Å²) in [6.45, 7) is 0.0686. The van der Waals surface area contributed by atoms with Crippen LogP contribution in [0.3, 0.4) is 0 Å². The summed E-state index contributed by atoms with van der Waals surface area (Å²) in [7, 11) is 0. The van der Waals surface area contributed by atoms with Crippen molar-refractivity contribution in [3.8, 4) is 11.3 Å². The maximum Gasteiger partial charge on any atom is 0.319 e. The van der Waals surface area contributed by atoms with E-state index >= 15 is 0 Å². The summed E-state index contributed by atoms with van der Waals surface area (Å²) in [6.07, 6.45) is 1.42. The van der Waals surface area contributed by atoms with Crippen molar-refractivity contribution >= 4 is 28.7 Å². The lowest BCUT2D eigenvalue weighted by Crippen LogP contribution is -2.30. The molecule has 0 atom stereocenters. The average molecular weight is 324 g/mol. The zero-order valence-electron chi connectivity index (χ0n) is 12.7. The molecule has 7 nitrogen and oxygen atoms in total. The molecule has 0 bridgehead atoms. The normalized spacial score (nSPS) is 10.5. The summed E-state index contributed by atoms with van der Waals surface area (Å²) in [5.41, 5.74) is 3.26. The molecular formula is C17H16N4O3. The van der Waals surface area contributed by atoms with E-state index in [0.29, 0.717) is 5.69 Å². The Bertz CT molecular complexity index is 874. The van der Waals surface area contributed by atoms with Crippen LogP contribution >= 0.6 is 0 Å². The van der Waals surface area contributed by atoms with Crippen LogP contribution in [0.2, 0.25) is 0 Å². The third kappa shape index (κ3) is 3.70. The number of H-pyrrole nitrogens is 1. The molecule has 122 valence electrons. The van der Waals surface area contributed by atoms with Crippen molar-refractivity contribution in [2.45, 2.75) is 6.42 Å². The molecule has 0 radical (unpaired) electrons. The second-order valence-corrected chi connectivity index (χ2v) is 5.24. The third-order valence-electron chi connectivity index (χ3n) is 3.44. The predicted molar refractivity (Wildman–Crippen MR) is 90.8 cm³/mol. The number of aliphatic carboxylic acids is 1. The minimum Gasteiger partial charge on any atom is -0.481 e. The fraction of sp³-hybridized carbons (Fsp3) is 0.118. The van der Waals surface area contributed by atoms with Crippen molar-refractivity contribution in [2.24, 2.45) is 0 Å². The van der Waals surface area contributed by atoms with Gasteiger partial charge in [0.1, 0.15) is 5.65 Å². The molecule has 0 unspecified atom stereocenters. The van der Waals surface area contributed by atoms with E-state index in [9.17, 15) is 9.59 Å². The summed E-state index contributed by atoms with van der Waals surface area (Å²) < 4.78 is 0. The zero-order valence-corrected chi connectivity index (χ0v) is 12.7. The van der Waals surface area contributed by atoms with Crippen molar-refractivity contribution in [1.29, 1.82) is 0 Å². The van der Waals surface area contributed by atoms with Gasteiger partial charge < -0.3 is 20.7 Å². The lowest BCUT2D eigenvalue weighted by molar-refractivity contribution is -0.136. The molecule has 0 aliphatic carbocycles. The molecule has 24 heavy (non-hydrogen) atoms. The summed E-state index contributed by atoms with van der Waals surface area (Å²) in [4.78, 5) is 29.7. The van der Waals surface area contributed by atoms with Crippen molar-refractivity contribution in [3.05, 3.63) is 48.7 Å². The number of hydrogen-bond donors (Lipinski definition) is 4. The van der Waals surface area contributed by atoms with Gasteiger partial charge in [0.15, 0.2) is 0 Å². The Morgan fingerprint density at radius 3 is 2.71 bits per heavy atom. The topological polar surface area (TPSA) is 107 Å². The molecule has 1 aromatic carbocycles. The molecule has 2 aromatic heterocycles. The first kappa shape index (κ1) is 15.5. The van der Waals surface area contributed by atoms with Crippen molar-refractivity contribution < 1.29 is 14.7 Å². The quantitative estimate of drug-likeness (QED) is 0.579. The zero-order chi connectivity index (χ0) is 16.9. The van der Waals surface area contributed by atoms with Crippen LogP contribution in [0.5, 0.6) is 0 Å². The van der Waals surface area contributed by atoms with Gasteiger partial charge in [0.05, 0.1) is 18.3 Å². The van der Waals surface area contributed by atoms with E-state index in [2.05, 4.69) is 20.6 Å². The first-order chi connectivity index (χ1) is 11.6. The van der Waals surface area contributed by atoms with Gasteiger partial charge in [-0.15, -0.1) is 0 Å². The number of aromatic amines is 1. The van der Waals surface area contributed by atoms with Crippen molar-refractivity contribution in [3.63, 3.8) is 0 Å². The van der Waals surface area contributed by atoms with E-state index in [-0.39, 0.29) is 13.0 Å². The van der Waals surface area contributed by atoms with Crippen LogP contribution in [0.1, 0.15) is 6.42 Å². The number of hydrogen-bond acceptors (Lipinski definition) is 3. The molecular weight excluding hydrogens is 308 g/mol. The Morgan fingerprint density at radius 2 is 1.96 bits per heavy atom. The molecule has 0 fully saturated rings. The first-order valence-electron chi connectivity index (χ1n) is 7.42. The van der Waals surface area contributed by atoms with Gasteiger partial charge in [-0.2, -0.15) is 0 Å². The molecule has 0 aliphatic rings. The first-order valence-corrected chi connectivity index (χ1v) is 7.42. The van der Waals surface area contributed by atoms with Crippen LogP contribution in [0.4, 0.5) is 10.5 Å². The van der Waals surface area contributed by atoms with Gasteiger partial charge in [0.2, 0.25) is 0 Å². The monoisotopic (exact) mass is 324 g/mol. The molecule has 7 heteroatoms. The number of amides is 2. The number of carbonyl (C=O) groups is 2. The number of aromatic nitrogens is 2. The number of carboxylic acid groups (broad SMARTS) is 1. The predicted octanol–water partition coefficient (Wildman–Crippen LogP) is 2.83. The minimum absolute atomic E-state index is 0.0686. The highest BCUT2D eigenvalue weighted by Gasteiger charge is 2.07. The summed E-state index contributed by atoms with van der Waals surface area (Å²) >= 11 is 0. The molecule has 3 rings (SSSR count). The van der Waals surface area contributed by atoms with Crippen LogP contribution < -0.4 is 10.6 Å². The van der Waals surface area contributed by atoms with Crippen LogP contribution in [-0.4, -0.2) is 33.6 Å². The summed E-state index contributed by atoms with van der Waals surface area (Å²) in [6, 6.07) is 13.2. The van der Waals surface area contributed by atoms with E-state index < -0.39 is 12.0 Å². The van der Waals surface area contributed by atoms with E-state index in [1.165, 1.54) is 0 Å². The van der Waals surface area contributed by atoms with Gasteiger partial charge in [-0.05, 0) is 17.7 Å². The largest absolute Gasteiger partial charge is 0.481 e. The van der Waals surface area contributed by atoms with E-state index in [1.54, 1.807) is 6.20 Å². The second-order valence-electron chi connectivity index (χ2n) is 5.24. The van der Waals surface area contributed by atoms with Crippen molar-refractivity contribution in [2.75, 3.05) is 11.9 Å². The molecule has 4 N–H and O–H groups in total. The highest BCUT2D eigenvalue weighted by molar-refractivity contribution is 5.92. The van der Waals surface area contributed by atoms with Gasteiger partial charge >= 0.3 is 12.0 Å². The number of carbonyl (C=O) groups excluding carboxylic acids is 1. The maximum absolute atomic E-state index is 11.7. The summed E-state index contributed by atoms with van der Waals surface area (Å²) in [5.74, 6) is -0.959. The van der Waals surface area contributed by atoms with Crippen LogP contribution in [-0.2, 0) is 4.79 Å². The standard InChI is InChI=1S/C17H16N4O3/c22-15(23)6-7-18-17(24)20-13-8-12-9-14(21-16(12)19-10-13)11-4-2-1-3-5-11/h1-5,8-10H,6-7H2,(H,19,21)(H,22,23)(H2,18,20,24). The van der Waals surface area contributed by atoms with Gasteiger partial charge in [-0.25, -0.2) is 9.78 Å². The molecule has 2 amide bonds. The number of nitrogens with one attached hydrogen (secondary N) is 3. The molecule has 0 aliphatic heterocycles. The molecule has 3 aromatic rings. The van der Waals surface area contributed by atoms with Crippen molar-refractivity contribution in [1.82, 2.24) is 15.3 Å². The highest BCUT2D eigenvalue weighted by Crippen LogP contribution is 2.24. The number of nitrogens with zero attached hydrogens (tertiary/aromatic N) is 1. The Labute approximate surface area is 137 Å². The number of urea groups is 1. The molecule has 0 spiro atoms. The molecule has 2 heterocycles. The van der Waals surface area contributed by atoms with Gasteiger partial charge in [0, 0.05) is 17.6 Å². The lowest BCUT2D eigenvalue weighted by Gasteiger charge is -2.06. The Balaban J connectivity index is 1.72. The number of pyridine rings is 1. The van der Waals surface area contributed by atoms with Crippen LogP contribution in [0.15, 0.2) is 48.7 Å². The SMILES string of the molecule is O=C(O)CCNC(=O)Nc1cnc2[nH]c(-c3ccccc3)cc2c1. The average Bonchev–Trinajstić information content (AvgIpc) is 2.98. The number of rotatable bonds is 5. The minimum atomic E-state index is -0.959. The highest BCUT2D eigenvalue weighted by atomic mass is 16.4.